The van der Waals surface area contributed by atoms with Crippen molar-refractivity contribution in [1.29, 1.82) is 0 Å². The minimum absolute atomic E-state index is 0.0636. The van der Waals surface area contributed by atoms with Crippen LogP contribution in [-0.2, 0) is 0 Å². The fourth-order valence-corrected chi connectivity index (χ4v) is 5.10. The fourth-order valence-electron chi connectivity index (χ4n) is 5.10. The van der Waals surface area contributed by atoms with Crippen molar-refractivity contribution in [3.05, 3.63) is 116 Å². The van der Waals surface area contributed by atoms with Crippen LogP contribution in [0.5, 0.6) is 0 Å². The Morgan fingerprint density at radius 2 is 1.49 bits per heavy atom. The predicted octanol–water partition coefficient (Wildman–Crippen LogP) is 6.55. The summed E-state index contributed by atoms with van der Waals surface area (Å²) in [6.07, 6.45) is 3.88. The molecule has 0 saturated heterocycles. The topological polar surface area (TPSA) is 102 Å². The van der Waals surface area contributed by atoms with Crippen LogP contribution in [0.25, 0.3) is 6.08 Å². The fraction of sp³-hybridized carbons (Fsp3) is 0.222. The first-order valence-corrected chi connectivity index (χ1v) is 11.5. The first-order chi connectivity index (χ1) is 16.9. The van der Waals surface area contributed by atoms with Crippen LogP contribution in [0.4, 0.5) is 17.1 Å². The minimum Gasteiger partial charge on any atom is -0.258 e. The third-order valence-electron chi connectivity index (χ3n) is 6.68. The molecule has 0 bridgehead atoms. The van der Waals surface area contributed by atoms with Crippen LogP contribution >= 0.6 is 0 Å². The lowest BCUT2D eigenvalue weighted by atomic mass is 9.73. The number of fused-ring (bicyclic) bond motifs is 1. The quantitative estimate of drug-likeness (QED) is 0.312. The molecule has 0 radical (unpaired) electrons. The molecule has 3 aromatic rings. The van der Waals surface area contributed by atoms with E-state index in [4.69, 9.17) is 5.10 Å². The average Bonchev–Trinajstić information content (AvgIpc) is 3.24. The maximum Gasteiger partial charge on any atom is 0.269 e. The number of nitro benzene ring substituents is 2. The number of hydrogen-bond acceptors (Lipinski definition) is 6. The van der Waals surface area contributed by atoms with E-state index in [1.807, 2.05) is 47.5 Å². The van der Waals surface area contributed by atoms with Crippen molar-refractivity contribution in [1.82, 2.24) is 0 Å². The van der Waals surface area contributed by atoms with Crippen molar-refractivity contribution in [3.8, 4) is 0 Å². The van der Waals surface area contributed by atoms with Crippen LogP contribution in [-0.4, -0.2) is 15.6 Å². The Balaban J connectivity index is 1.57. The highest BCUT2D eigenvalue weighted by molar-refractivity contribution is 6.08. The summed E-state index contributed by atoms with van der Waals surface area (Å²) < 4.78 is 0. The number of allylic oxidation sites excluding steroid dienone is 1. The number of benzene rings is 3. The van der Waals surface area contributed by atoms with Crippen LogP contribution in [0.1, 0.15) is 36.9 Å². The van der Waals surface area contributed by atoms with Gasteiger partial charge in [-0.05, 0) is 65.8 Å². The molecule has 176 valence electrons. The third kappa shape index (κ3) is 4.42. The van der Waals surface area contributed by atoms with Gasteiger partial charge in [-0.3, -0.25) is 25.2 Å². The highest BCUT2D eigenvalue weighted by Gasteiger charge is 2.43. The summed E-state index contributed by atoms with van der Waals surface area (Å²) in [4.78, 5) is 21.4. The standard InChI is InChI=1S/C27H24N4O4/c1-18-15-21(17-19-7-11-23(12-8-19)30(32)33)26-25(16-18)27(20-9-13-24(14-10-20)31(34)35)29(28-26)22-5-3-2-4-6-22/h2-14,17-18,25,27H,15-16H2,1H3/b21-17-/t18-,25+,27+/m1/s1. The molecule has 8 nitrogen and oxygen atoms in total. The number of para-hydroxylation sites is 1. The molecule has 1 fully saturated rings. The second-order valence-electron chi connectivity index (χ2n) is 9.13. The van der Waals surface area contributed by atoms with Gasteiger partial charge >= 0.3 is 0 Å². The zero-order valence-electron chi connectivity index (χ0n) is 19.2. The summed E-state index contributed by atoms with van der Waals surface area (Å²) in [6.45, 7) is 2.22. The molecule has 2 aliphatic rings. The van der Waals surface area contributed by atoms with E-state index in [1.165, 1.54) is 12.1 Å². The van der Waals surface area contributed by atoms with E-state index in [2.05, 4.69) is 13.0 Å². The molecule has 1 saturated carbocycles. The van der Waals surface area contributed by atoms with E-state index in [0.29, 0.717) is 5.92 Å². The first-order valence-electron chi connectivity index (χ1n) is 11.5. The maximum atomic E-state index is 11.2. The van der Waals surface area contributed by atoms with Gasteiger partial charge in [0, 0.05) is 30.2 Å². The van der Waals surface area contributed by atoms with E-state index in [-0.39, 0.29) is 28.3 Å². The van der Waals surface area contributed by atoms with Crippen molar-refractivity contribution in [3.63, 3.8) is 0 Å². The van der Waals surface area contributed by atoms with E-state index in [9.17, 15) is 20.2 Å². The Morgan fingerprint density at radius 3 is 2.09 bits per heavy atom. The van der Waals surface area contributed by atoms with Crippen LogP contribution < -0.4 is 5.01 Å². The lowest BCUT2D eigenvalue weighted by molar-refractivity contribution is -0.385. The molecule has 0 aromatic heterocycles. The Labute approximate surface area is 202 Å². The van der Waals surface area contributed by atoms with Crippen molar-refractivity contribution in [2.24, 2.45) is 16.9 Å². The largest absolute Gasteiger partial charge is 0.269 e. The van der Waals surface area contributed by atoms with Gasteiger partial charge < -0.3 is 0 Å². The molecule has 3 atom stereocenters. The van der Waals surface area contributed by atoms with Crippen molar-refractivity contribution in [2.75, 3.05) is 5.01 Å². The number of non-ortho nitro benzene ring substituents is 2. The van der Waals surface area contributed by atoms with Gasteiger partial charge in [-0.2, -0.15) is 5.10 Å². The van der Waals surface area contributed by atoms with Crippen molar-refractivity contribution >= 4 is 28.8 Å². The summed E-state index contributed by atoms with van der Waals surface area (Å²) in [5.41, 5.74) is 5.09. The number of nitrogens with zero attached hydrogens (tertiary/aromatic N) is 4. The van der Waals surface area contributed by atoms with Crippen LogP contribution in [0, 0.1) is 32.1 Å². The van der Waals surface area contributed by atoms with Gasteiger partial charge in [0.2, 0.25) is 0 Å². The minimum atomic E-state index is -0.400. The molecule has 8 heteroatoms. The predicted molar refractivity (Wildman–Crippen MR) is 135 cm³/mol. The summed E-state index contributed by atoms with van der Waals surface area (Å²) in [6, 6.07) is 23.2. The van der Waals surface area contributed by atoms with Gasteiger partial charge in [-0.15, -0.1) is 0 Å². The normalized spacial score (nSPS) is 22.5. The van der Waals surface area contributed by atoms with Gasteiger partial charge in [0.05, 0.1) is 27.3 Å². The number of rotatable bonds is 5. The Kier molecular flexibility index (Phi) is 5.86. The molecule has 1 aliphatic carbocycles. The molecule has 5 rings (SSSR count). The Hall–Kier alpha value is -4.33. The van der Waals surface area contributed by atoms with Crippen LogP contribution in [0.3, 0.4) is 0 Å². The summed E-state index contributed by atoms with van der Waals surface area (Å²) in [5.74, 6) is 0.532. The first kappa shape index (κ1) is 22.5. The Morgan fingerprint density at radius 1 is 0.886 bits per heavy atom. The molecule has 0 N–H and O–H groups in total. The molecule has 0 unspecified atom stereocenters. The monoisotopic (exact) mass is 468 g/mol. The third-order valence-corrected chi connectivity index (χ3v) is 6.68. The summed E-state index contributed by atoms with van der Waals surface area (Å²) in [5, 5.41) is 29.3. The average molecular weight is 469 g/mol. The molecular formula is C27H24N4O4. The zero-order valence-corrected chi connectivity index (χ0v) is 19.2. The molecule has 1 aliphatic heterocycles. The van der Waals surface area contributed by atoms with Gasteiger partial charge in [0.25, 0.3) is 11.4 Å². The van der Waals surface area contributed by atoms with Crippen LogP contribution in [0.15, 0.2) is 89.5 Å². The van der Waals surface area contributed by atoms with Crippen LogP contribution in [0.2, 0.25) is 0 Å². The van der Waals surface area contributed by atoms with Crippen molar-refractivity contribution < 1.29 is 9.85 Å². The Bertz CT molecular complexity index is 1320. The second-order valence-corrected chi connectivity index (χ2v) is 9.13. The van der Waals surface area contributed by atoms with E-state index < -0.39 is 4.92 Å². The molecule has 0 amide bonds. The van der Waals surface area contributed by atoms with Gasteiger partial charge in [0.1, 0.15) is 0 Å². The lowest BCUT2D eigenvalue weighted by Crippen LogP contribution is -2.30. The smallest absolute Gasteiger partial charge is 0.258 e. The molecule has 3 aromatic carbocycles. The lowest BCUT2D eigenvalue weighted by Gasteiger charge is -2.33. The van der Waals surface area contributed by atoms with E-state index in [1.54, 1.807) is 24.3 Å². The van der Waals surface area contributed by atoms with Gasteiger partial charge in [-0.1, -0.05) is 37.3 Å². The zero-order chi connectivity index (χ0) is 24.5. The molecule has 35 heavy (non-hydrogen) atoms. The summed E-state index contributed by atoms with van der Waals surface area (Å²) >= 11 is 0. The van der Waals surface area contributed by atoms with Gasteiger partial charge in [-0.25, -0.2) is 0 Å². The molecular weight excluding hydrogens is 444 g/mol. The molecule has 0 spiro atoms. The van der Waals surface area contributed by atoms with E-state index >= 15 is 0 Å². The van der Waals surface area contributed by atoms with Crippen molar-refractivity contribution in [2.45, 2.75) is 25.8 Å². The number of hydrogen-bond donors (Lipinski definition) is 0. The molecule has 1 heterocycles. The highest BCUT2D eigenvalue weighted by atomic mass is 16.6. The van der Waals surface area contributed by atoms with Gasteiger partial charge in [0.15, 0.2) is 0 Å². The second kappa shape index (κ2) is 9.13. The van der Waals surface area contributed by atoms with E-state index in [0.717, 1.165) is 40.9 Å². The number of hydrazone groups is 1. The maximum absolute atomic E-state index is 11.2. The number of nitro groups is 2. The SMILES string of the molecule is C[C@@H]1C/C(=C/c2ccc([N+](=O)[O-])cc2)C2=NN(c3ccccc3)[C@@H](c3ccc([N+](=O)[O-])cc3)[C@H]2C1. The highest BCUT2D eigenvalue weighted by Crippen LogP contribution is 2.47. The number of anilines is 1. The summed E-state index contributed by atoms with van der Waals surface area (Å²) in [7, 11) is 0.